The normalized spacial score (nSPS) is 16.9. The van der Waals surface area contributed by atoms with E-state index < -0.39 is 0 Å². The molecule has 1 aromatic rings. The molecule has 0 aliphatic heterocycles. The third-order valence-electron chi connectivity index (χ3n) is 4.07. The molecule has 0 amide bonds. The fourth-order valence-corrected chi connectivity index (χ4v) is 2.97. The van der Waals surface area contributed by atoms with Crippen molar-refractivity contribution in [2.24, 2.45) is 0 Å². The maximum absolute atomic E-state index is 6.31. The average molecular weight is 249 g/mol. The van der Waals surface area contributed by atoms with Crippen molar-refractivity contribution in [2.75, 3.05) is 5.73 Å². The smallest absolute Gasteiger partial charge is 0.127 e. The van der Waals surface area contributed by atoms with E-state index >= 15 is 0 Å². The van der Waals surface area contributed by atoms with E-state index in [0.29, 0.717) is 11.8 Å². The minimum atomic E-state index is 0.424. The topological polar surface area (TPSA) is 43.8 Å². The van der Waals surface area contributed by atoms with Crippen LogP contribution in [0.4, 0.5) is 5.82 Å². The van der Waals surface area contributed by atoms with E-state index in [0.717, 1.165) is 18.1 Å². The van der Waals surface area contributed by atoms with E-state index in [-0.39, 0.29) is 0 Å². The first-order chi connectivity index (χ1) is 8.65. The van der Waals surface area contributed by atoms with Crippen LogP contribution in [0.2, 0.25) is 0 Å². The summed E-state index contributed by atoms with van der Waals surface area (Å²) in [5.74, 6) is 3.26. The Balaban J connectivity index is 2.32. The van der Waals surface area contributed by atoms with Gasteiger partial charge in [0, 0.05) is 12.5 Å². The average Bonchev–Trinajstić information content (AvgIpc) is 2.94. The highest BCUT2D eigenvalue weighted by atomic mass is 15.1. The summed E-state index contributed by atoms with van der Waals surface area (Å²) < 4.78 is 2.30. The van der Waals surface area contributed by atoms with Crippen molar-refractivity contribution in [2.45, 2.75) is 77.7 Å². The second-order valence-corrected chi connectivity index (χ2v) is 5.88. The van der Waals surface area contributed by atoms with Gasteiger partial charge < -0.3 is 10.3 Å². The monoisotopic (exact) mass is 249 g/mol. The van der Waals surface area contributed by atoms with Crippen molar-refractivity contribution >= 4 is 5.82 Å². The van der Waals surface area contributed by atoms with E-state index in [1.165, 1.54) is 44.3 Å². The Kier molecular flexibility index (Phi) is 4.31. The van der Waals surface area contributed by atoms with Crippen LogP contribution in [-0.4, -0.2) is 9.55 Å². The van der Waals surface area contributed by atoms with Gasteiger partial charge in [-0.25, -0.2) is 4.98 Å². The van der Waals surface area contributed by atoms with Gasteiger partial charge in [0.25, 0.3) is 0 Å². The third kappa shape index (κ3) is 2.55. The predicted molar refractivity (Wildman–Crippen MR) is 76.8 cm³/mol. The van der Waals surface area contributed by atoms with Gasteiger partial charge in [0.1, 0.15) is 11.6 Å². The lowest BCUT2D eigenvalue weighted by Crippen LogP contribution is -2.10. The molecule has 3 heteroatoms. The molecule has 0 atom stereocenters. The largest absolute Gasteiger partial charge is 0.384 e. The van der Waals surface area contributed by atoms with Gasteiger partial charge in [-0.2, -0.15) is 0 Å². The molecule has 2 N–H and O–H groups in total. The Hall–Kier alpha value is -0.990. The highest BCUT2D eigenvalue weighted by molar-refractivity contribution is 5.41. The second kappa shape index (κ2) is 5.77. The molecule has 1 aliphatic rings. The molecule has 1 heterocycles. The quantitative estimate of drug-likeness (QED) is 0.855. The molecule has 0 unspecified atom stereocenters. The first-order valence-electron chi connectivity index (χ1n) is 7.50. The molecule has 1 aromatic heterocycles. The van der Waals surface area contributed by atoms with Crippen molar-refractivity contribution in [1.82, 2.24) is 9.55 Å². The van der Waals surface area contributed by atoms with Crippen molar-refractivity contribution < 1.29 is 0 Å². The van der Waals surface area contributed by atoms with E-state index in [9.17, 15) is 0 Å². The molecule has 0 bridgehead atoms. The number of nitrogens with zero attached hydrogens (tertiary/aromatic N) is 2. The van der Waals surface area contributed by atoms with Gasteiger partial charge in [-0.05, 0) is 25.2 Å². The highest BCUT2D eigenvalue weighted by Gasteiger charge is 2.25. The van der Waals surface area contributed by atoms with Gasteiger partial charge in [0.15, 0.2) is 0 Å². The molecule has 0 saturated heterocycles. The predicted octanol–water partition coefficient (Wildman–Crippen LogP) is 4.05. The summed E-state index contributed by atoms with van der Waals surface area (Å²) >= 11 is 0. The first kappa shape index (κ1) is 13.4. The van der Waals surface area contributed by atoms with Crippen LogP contribution in [0.1, 0.15) is 82.7 Å². The third-order valence-corrected chi connectivity index (χ3v) is 4.07. The van der Waals surface area contributed by atoms with Gasteiger partial charge >= 0.3 is 0 Å². The Bertz CT molecular complexity index is 387. The summed E-state index contributed by atoms with van der Waals surface area (Å²) in [6.07, 6.45) is 7.68. The second-order valence-electron chi connectivity index (χ2n) is 5.88. The summed E-state index contributed by atoms with van der Waals surface area (Å²) in [7, 11) is 0. The van der Waals surface area contributed by atoms with Gasteiger partial charge in [0.2, 0.25) is 0 Å². The summed E-state index contributed by atoms with van der Waals surface area (Å²) in [5.41, 5.74) is 7.42. The number of nitrogens with two attached hydrogens (primary N) is 1. The molecule has 1 fully saturated rings. The van der Waals surface area contributed by atoms with Crippen LogP contribution in [0.5, 0.6) is 0 Å². The number of anilines is 1. The van der Waals surface area contributed by atoms with E-state index in [1.54, 1.807) is 0 Å². The Labute approximate surface area is 111 Å². The van der Waals surface area contributed by atoms with Crippen LogP contribution in [0.15, 0.2) is 0 Å². The van der Waals surface area contributed by atoms with Crippen LogP contribution in [0, 0.1) is 0 Å². The molecule has 0 radical (unpaired) electrons. The summed E-state index contributed by atoms with van der Waals surface area (Å²) in [6, 6.07) is 0. The number of imidazole rings is 1. The van der Waals surface area contributed by atoms with Gasteiger partial charge in [0.05, 0.1) is 5.69 Å². The molecule has 18 heavy (non-hydrogen) atoms. The van der Waals surface area contributed by atoms with Crippen molar-refractivity contribution in [3.8, 4) is 0 Å². The number of nitrogen functional groups attached to an aromatic ring is 1. The zero-order valence-electron chi connectivity index (χ0n) is 12.1. The summed E-state index contributed by atoms with van der Waals surface area (Å²) in [6.45, 7) is 7.63. The van der Waals surface area contributed by atoms with Crippen LogP contribution in [0.25, 0.3) is 0 Å². The fourth-order valence-electron chi connectivity index (χ4n) is 2.97. The molecule has 102 valence electrons. The molecule has 0 spiro atoms. The summed E-state index contributed by atoms with van der Waals surface area (Å²) in [5, 5.41) is 0. The summed E-state index contributed by atoms with van der Waals surface area (Å²) in [4.78, 5) is 4.88. The van der Waals surface area contributed by atoms with E-state index in [1.807, 2.05) is 0 Å². The Morgan fingerprint density at radius 1 is 1.33 bits per heavy atom. The molecule has 1 saturated carbocycles. The van der Waals surface area contributed by atoms with Crippen LogP contribution in [0.3, 0.4) is 0 Å². The highest BCUT2D eigenvalue weighted by Crippen LogP contribution is 2.36. The molecule has 0 aromatic carbocycles. The zero-order valence-corrected chi connectivity index (χ0v) is 12.1. The van der Waals surface area contributed by atoms with Crippen molar-refractivity contribution in [3.05, 3.63) is 11.5 Å². The van der Waals surface area contributed by atoms with Gasteiger partial charge in [-0.15, -0.1) is 0 Å². The number of aromatic nitrogens is 2. The zero-order chi connectivity index (χ0) is 13.1. The minimum Gasteiger partial charge on any atom is -0.384 e. The maximum Gasteiger partial charge on any atom is 0.127 e. The van der Waals surface area contributed by atoms with E-state index in [2.05, 4.69) is 25.3 Å². The van der Waals surface area contributed by atoms with Crippen molar-refractivity contribution in [3.63, 3.8) is 0 Å². The lowest BCUT2D eigenvalue weighted by atomic mass is 10.1. The molecule has 2 rings (SSSR count). The fraction of sp³-hybridized carbons (Fsp3) is 0.800. The number of unbranched alkanes of at least 4 members (excludes halogenated alkanes) is 1. The Morgan fingerprint density at radius 3 is 2.56 bits per heavy atom. The first-order valence-corrected chi connectivity index (χ1v) is 7.50. The maximum atomic E-state index is 6.31. The van der Waals surface area contributed by atoms with Gasteiger partial charge in [-0.1, -0.05) is 40.0 Å². The number of hydrogen-bond acceptors (Lipinski definition) is 2. The standard InChI is InChI=1S/C15H27N3/c1-4-5-10-18-14(16)13(11(2)3)17-15(18)12-8-6-7-9-12/h11-12H,4-10,16H2,1-3H3. The molecular formula is C15H27N3. The molecule has 1 aliphatic carbocycles. The molecular weight excluding hydrogens is 222 g/mol. The number of hydrogen-bond donors (Lipinski definition) is 1. The van der Waals surface area contributed by atoms with Gasteiger partial charge in [-0.3, -0.25) is 0 Å². The van der Waals surface area contributed by atoms with Crippen molar-refractivity contribution in [1.29, 1.82) is 0 Å². The van der Waals surface area contributed by atoms with E-state index in [4.69, 9.17) is 10.7 Å². The SMILES string of the molecule is CCCCn1c(C2CCCC2)nc(C(C)C)c1N. The van der Waals surface area contributed by atoms with Crippen LogP contribution < -0.4 is 5.73 Å². The van der Waals surface area contributed by atoms with Crippen LogP contribution >= 0.6 is 0 Å². The van der Waals surface area contributed by atoms with Crippen LogP contribution in [-0.2, 0) is 6.54 Å². The lowest BCUT2D eigenvalue weighted by molar-refractivity contribution is 0.561. The Morgan fingerprint density at radius 2 is 2.00 bits per heavy atom. The minimum absolute atomic E-state index is 0.424. The lowest BCUT2D eigenvalue weighted by Gasteiger charge is -2.13. The number of rotatable bonds is 5. The molecule has 3 nitrogen and oxygen atoms in total.